The lowest BCUT2D eigenvalue weighted by Crippen LogP contribution is -2.12. The third-order valence-corrected chi connectivity index (χ3v) is 3.66. The Morgan fingerprint density at radius 3 is 2.32 bits per heavy atom. The molecule has 2 rings (SSSR count). The minimum Gasteiger partial charge on any atom is -0.475 e. The summed E-state index contributed by atoms with van der Waals surface area (Å²) in [6.45, 7) is 0. The SMILES string of the molecule is O=C(O)c1ccc(S(=O)(=O)Nc2ccc(Cl)cc2)o1. The minimum absolute atomic E-state index is 0.290. The molecule has 0 amide bonds. The number of carbonyl (C=O) groups is 1. The average molecular weight is 302 g/mol. The maximum absolute atomic E-state index is 11.9. The van der Waals surface area contributed by atoms with Gasteiger partial charge in [-0.1, -0.05) is 11.6 Å². The number of carboxylic acid groups (broad SMARTS) is 1. The van der Waals surface area contributed by atoms with Gasteiger partial charge in [0, 0.05) is 10.7 Å². The first-order valence-electron chi connectivity index (χ1n) is 5.00. The molecule has 2 aromatic rings. The average Bonchev–Trinajstić information content (AvgIpc) is 2.82. The number of anilines is 1. The van der Waals surface area contributed by atoms with Crippen LogP contribution in [-0.2, 0) is 10.0 Å². The third-order valence-electron chi connectivity index (χ3n) is 2.15. The summed E-state index contributed by atoms with van der Waals surface area (Å²) >= 11 is 5.68. The van der Waals surface area contributed by atoms with Crippen molar-refractivity contribution in [2.24, 2.45) is 0 Å². The number of hydrogen-bond donors (Lipinski definition) is 2. The highest BCUT2D eigenvalue weighted by Crippen LogP contribution is 2.20. The van der Waals surface area contributed by atoms with Crippen LogP contribution >= 0.6 is 11.6 Å². The minimum atomic E-state index is -3.96. The summed E-state index contributed by atoms with van der Waals surface area (Å²) in [5, 5.41) is 8.65. The van der Waals surface area contributed by atoms with Crippen LogP contribution in [0.2, 0.25) is 5.02 Å². The normalized spacial score (nSPS) is 11.2. The van der Waals surface area contributed by atoms with Crippen LogP contribution in [0.4, 0.5) is 5.69 Å². The summed E-state index contributed by atoms with van der Waals surface area (Å²) < 4.78 is 30.8. The Kier molecular flexibility index (Phi) is 3.50. The van der Waals surface area contributed by atoms with Crippen LogP contribution in [0.3, 0.4) is 0 Å². The van der Waals surface area contributed by atoms with Crippen LogP contribution in [0.15, 0.2) is 45.9 Å². The number of furan rings is 1. The first-order valence-corrected chi connectivity index (χ1v) is 6.86. The largest absolute Gasteiger partial charge is 0.475 e. The van der Waals surface area contributed by atoms with Crippen LogP contribution in [0.5, 0.6) is 0 Å². The maximum atomic E-state index is 11.9. The fourth-order valence-electron chi connectivity index (χ4n) is 1.30. The number of aromatic carboxylic acids is 1. The van der Waals surface area contributed by atoms with Gasteiger partial charge in [-0.05, 0) is 36.4 Å². The van der Waals surface area contributed by atoms with E-state index in [9.17, 15) is 13.2 Å². The third kappa shape index (κ3) is 3.07. The number of rotatable bonds is 4. The monoisotopic (exact) mass is 301 g/mol. The Labute approximate surface area is 113 Å². The summed E-state index contributed by atoms with van der Waals surface area (Å²) in [4.78, 5) is 10.6. The highest BCUT2D eigenvalue weighted by atomic mass is 35.5. The van der Waals surface area contributed by atoms with Gasteiger partial charge in [0.1, 0.15) is 0 Å². The molecular formula is C11H8ClNO5S. The van der Waals surface area contributed by atoms with Crippen LogP contribution in [-0.4, -0.2) is 19.5 Å². The number of benzene rings is 1. The highest BCUT2D eigenvalue weighted by molar-refractivity contribution is 7.92. The molecule has 1 aromatic heterocycles. The number of nitrogens with one attached hydrogen (secondary N) is 1. The van der Waals surface area contributed by atoms with E-state index in [0.29, 0.717) is 5.02 Å². The van der Waals surface area contributed by atoms with Gasteiger partial charge < -0.3 is 9.52 Å². The van der Waals surface area contributed by atoms with Gasteiger partial charge >= 0.3 is 5.97 Å². The quantitative estimate of drug-likeness (QED) is 0.904. The van der Waals surface area contributed by atoms with Gasteiger partial charge in [-0.3, -0.25) is 4.72 Å². The molecule has 0 saturated heterocycles. The second-order valence-electron chi connectivity index (χ2n) is 3.54. The number of hydrogen-bond acceptors (Lipinski definition) is 4. The molecule has 1 heterocycles. The van der Waals surface area contributed by atoms with Crippen LogP contribution in [0, 0.1) is 0 Å². The van der Waals surface area contributed by atoms with E-state index < -0.39 is 26.8 Å². The van der Waals surface area contributed by atoms with Gasteiger partial charge in [-0.25, -0.2) is 4.79 Å². The van der Waals surface area contributed by atoms with E-state index in [0.717, 1.165) is 12.1 Å². The molecule has 0 saturated carbocycles. The lowest BCUT2D eigenvalue weighted by atomic mass is 10.3. The van der Waals surface area contributed by atoms with E-state index in [-0.39, 0.29) is 5.69 Å². The Bertz CT molecular complexity index is 705. The van der Waals surface area contributed by atoms with Crippen molar-refractivity contribution < 1.29 is 22.7 Å². The molecule has 6 nitrogen and oxygen atoms in total. The second kappa shape index (κ2) is 4.94. The number of sulfonamides is 1. The molecule has 0 atom stereocenters. The maximum Gasteiger partial charge on any atom is 0.371 e. The summed E-state index contributed by atoms with van der Waals surface area (Å²) in [5.41, 5.74) is 0.290. The topological polar surface area (TPSA) is 96.6 Å². The number of carboxylic acids is 1. The van der Waals surface area contributed by atoms with Gasteiger partial charge in [0.25, 0.3) is 10.0 Å². The summed E-state index contributed by atoms with van der Waals surface area (Å²) in [7, 11) is -3.96. The molecule has 1 aromatic carbocycles. The smallest absolute Gasteiger partial charge is 0.371 e. The van der Waals surface area contributed by atoms with Crippen molar-refractivity contribution in [1.29, 1.82) is 0 Å². The lowest BCUT2D eigenvalue weighted by Gasteiger charge is -2.05. The van der Waals surface area contributed by atoms with Crippen LogP contribution in [0.25, 0.3) is 0 Å². The molecular weight excluding hydrogens is 294 g/mol. The zero-order chi connectivity index (χ0) is 14.0. The summed E-state index contributed by atoms with van der Waals surface area (Å²) in [6, 6.07) is 8.12. The van der Waals surface area contributed by atoms with Gasteiger partial charge in [0.15, 0.2) is 0 Å². The van der Waals surface area contributed by atoms with Gasteiger partial charge in [0.2, 0.25) is 10.9 Å². The molecule has 8 heteroatoms. The first kappa shape index (κ1) is 13.4. The standard InChI is InChI=1S/C11H8ClNO5S/c12-7-1-3-8(4-2-7)13-19(16,17)10-6-5-9(18-10)11(14)15/h1-6,13H,(H,14,15). The van der Waals surface area contributed by atoms with Crippen molar-refractivity contribution in [2.75, 3.05) is 4.72 Å². The van der Waals surface area contributed by atoms with E-state index in [4.69, 9.17) is 21.1 Å². The van der Waals surface area contributed by atoms with E-state index in [1.54, 1.807) is 0 Å². The van der Waals surface area contributed by atoms with Crippen molar-refractivity contribution in [1.82, 2.24) is 0 Å². The lowest BCUT2D eigenvalue weighted by molar-refractivity contribution is 0.0656. The Morgan fingerprint density at radius 1 is 1.16 bits per heavy atom. The molecule has 0 unspecified atom stereocenters. The molecule has 0 radical (unpaired) electrons. The second-order valence-corrected chi connectivity index (χ2v) is 5.59. The van der Waals surface area contributed by atoms with E-state index >= 15 is 0 Å². The number of halogens is 1. The Balaban J connectivity index is 2.26. The van der Waals surface area contributed by atoms with E-state index in [2.05, 4.69) is 4.72 Å². The summed E-state index contributed by atoms with van der Waals surface area (Å²) in [5.74, 6) is -1.79. The van der Waals surface area contributed by atoms with Gasteiger partial charge in [-0.15, -0.1) is 0 Å². The molecule has 0 bridgehead atoms. The van der Waals surface area contributed by atoms with Crippen molar-refractivity contribution in [3.05, 3.63) is 47.2 Å². The van der Waals surface area contributed by atoms with Crippen molar-refractivity contribution in [2.45, 2.75) is 5.09 Å². The predicted octanol–water partition coefficient (Wildman–Crippen LogP) is 2.43. The molecule has 0 aliphatic carbocycles. The molecule has 2 N–H and O–H groups in total. The van der Waals surface area contributed by atoms with Crippen LogP contribution < -0.4 is 4.72 Å². The Hall–Kier alpha value is -1.99. The molecule has 100 valence electrons. The van der Waals surface area contributed by atoms with Crippen molar-refractivity contribution in [3.8, 4) is 0 Å². The Morgan fingerprint density at radius 2 is 1.79 bits per heavy atom. The zero-order valence-electron chi connectivity index (χ0n) is 9.33. The zero-order valence-corrected chi connectivity index (χ0v) is 10.9. The first-order chi connectivity index (χ1) is 8.88. The fourth-order valence-corrected chi connectivity index (χ4v) is 2.42. The molecule has 19 heavy (non-hydrogen) atoms. The van der Waals surface area contributed by atoms with Crippen molar-refractivity contribution >= 4 is 33.3 Å². The van der Waals surface area contributed by atoms with Crippen molar-refractivity contribution in [3.63, 3.8) is 0 Å². The van der Waals surface area contributed by atoms with E-state index in [1.807, 2.05) is 0 Å². The fraction of sp³-hybridized carbons (Fsp3) is 0. The molecule has 0 aliphatic heterocycles. The summed E-state index contributed by atoms with van der Waals surface area (Å²) in [6.07, 6.45) is 0. The predicted molar refractivity (Wildman–Crippen MR) is 67.9 cm³/mol. The van der Waals surface area contributed by atoms with Gasteiger partial charge in [-0.2, -0.15) is 8.42 Å². The van der Waals surface area contributed by atoms with E-state index in [1.165, 1.54) is 24.3 Å². The molecule has 0 spiro atoms. The van der Waals surface area contributed by atoms with Crippen LogP contribution in [0.1, 0.15) is 10.6 Å². The molecule has 0 fully saturated rings. The molecule has 0 aliphatic rings. The highest BCUT2D eigenvalue weighted by Gasteiger charge is 2.20. The van der Waals surface area contributed by atoms with Gasteiger partial charge in [0.05, 0.1) is 0 Å².